The number of aryl methyl sites for hydroxylation is 1. The lowest BCUT2D eigenvalue weighted by Crippen LogP contribution is -2.30. The Hall–Kier alpha value is -3.19. The Balaban J connectivity index is 1.47. The lowest BCUT2D eigenvalue weighted by Gasteiger charge is -2.27. The standard InChI is InChI=1S/C25H31N5O2/c1-16-8-10-20(11-9-16)28-25-27-13-17(2)23(30-25)19-12-21(26-14-19)24(32)29-22(15-31)18-6-4-3-5-7-18/h3-7,12-14,16,20,22,26,31H,8-11,15H2,1-2H3,(H,29,32)(H,27,28,30)/t16?,20?,22-/m1/s1. The number of aliphatic hydroxyl groups is 1. The number of hydrogen-bond donors (Lipinski definition) is 4. The molecule has 7 nitrogen and oxygen atoms in total. The first kappa shape index (κ1) is 22.0. The molecule has 1 aromatic carbocycles. The molecule has 0 radical (unpaired) electrons. The highest BCUT2D eigenvalue weighted by molar-refractivity contribution is 5.94. The van der Waals surface area contributed by atoms with E-state index in [0.717, 1.165) is 41.1 Å². The Labute approximate surface area is 188 Å². The van der Waals surface area contributed by atoms with Crippen LogP contribution in [0.2, 0.25) is 0 Å². The SMILES string of the molecule is Cc1cnc(NC2CCC(C)CC2)nc1-c1c[nH]c(C(=O)N[C@H](CO)c2ccccc2)c1. The molecule has 32 heavy (non-hydrogen) atoms. The number of carbonyl (C=O) groups is 1. The lowest BCUT2D eigenvalue weighted by atomic mass is 9.87. The first-order valence-electron chi connectivity index (χ1n) is 11.3. The number of H-pyrrole nitrogens is 1. The third-order valence-electron chi connectivity index (χ3n) is 6.21. The van der Waals surface area contributed by atoms with E-state index in [9.17, 15) is 9.90 Å². The summed E-state index contributed by atoms with van der Waals surface area (Å²) in [4.78, 5) is 25.0. The molecule has 7 heteroatoms. The Morgan fingerprint density at radius 3 is 2.69 bits per heavy atom. The second-order valence-corrected chi connectivity index (χ2v) is 8.75. The van der Waals surface area contributed by atoms with Crippen molar-refractivity contribution in [3.63, 3.8) is 0 Å². The van der Waals surface area contributed by atoms with E-state index in [2.05, 4.69) is 27.5 Å². The van der Waals surface area contributed by atoms with E-state index < -0.39 is 6.04 Å². The molecule has 0 unspecified atom stereocenters. The first-order chi connectivity index (χ1) is 15.5. The van der Waals surface area contributed by atoms with Gasteiger partial charge < -0.3 is 20.7 Å². The molecule has 0 saturated heterocycles. The van der Waals surface area contributed by atoms with Crippen molar-refractivity contribution >= 4 is 11.9 Å². The Bertz CT molecular complexity index is 1040. The summed E-state index contributed by atoms with van der Waals surface area (Å²) < 4.78 is 0. The fourth-order valence-electron chi connectivity index (χ4n) is 4.21. The number of nitrogens with one attached hydrogen (secondary N) is 3. The van der Waals surface area contributed by atoms with Crippen LogP contribution in [0, 0.1) is 12.8 Å². The van der Waals surface area contributed by atoms with E-state index in [-0.39, 0.29) is 12.5 Å². The maximum atomic E-state index is 12.8. The highest BCUT2D eigenvalue weighted by Gasteiger charge is 2.20. The van der Waals surface area contributed by atoms with Gasteiger partial charge in [-0.05, 0) is 55.7 Å². The molecular formula is C25H31N5O2. The normalized spacial score (nSPS) is 19.3. The number of hydrogen-bond acceptors (Lipinski definition) is 5. The van der Waals surface area contributed by atoms with E-state index in [1.165, 1.54) is 12.8 Å². The van der Waals surface area contributed by atoms with Crippen LogP contribution >= 0.6 is 0 Å². The zero-order valence-electron chi connectivity index (χ0n) is 18.6. The van der Waals surface area contributed by atoms with E-state index in [4.69, 9.17) is 4.98 Å². The number of amides is 1. The van der Waals surface area contributed by atoms with Crippen LogP contribution in [0.4, 0.5) is 5.95 Å². The molecule has 2 aromatic heterocycles. The summed E-state index contributed by atoms with van der Waals surface area (Å²) in [5.74, 6) is 1.14. The van der Waals surface area contributed by atoms with E-state index in [1.54, 1.807) is 12.3 Å². The van der Waals surface area contributed by atoms with Gasteiger partial charge in [0.1, 0.15) is 5.69 Å². The van der Waals surface area contributed by atoms with Crippen LogP contribution in [-0.4, -0.2) is 38.6 Å². The molecule has 3 aromatic rings. The molecule has 1 amide bonds. The molecule has 4 N–H and O–H groups in total. The third kappa shape index (κ3) is 5.16. The van der Waals surface area contributed by atoms with Crippen LogP contribution in [0.3, 0.4) is 0 Å². The molecule has 2 heterocycles. The summed E-state index contributed by atoms with van der Waals surface area (Å²) in [6, 6.07) is 11.2. The third-order valence-corrected chi connectivity index (χ3v) is 6.21. The van der Waals surface area contributed by atoms with Crippen molar-refractivity contribution in [3.8, 4) is 11.3 Å². The minimum Gasteiger partial charge on any atom is -0.394 e. The van der Waals surface area contributed by atoms with Gasteiger partial charge in [-0.3, -0.25) is 4.79 Å². The van der Waals surface area contributed by atoms with Crippen molar-refractivity contribution in [2.24, 2.45) is 5.92 Å². The van der Waals surface area contributed by atoms with Gasteiger partial charge >= 0.3 is 0 Å². The minimum absolute atomic E-state index is 0.177. The zero-order valence-corrected chi connectivity index (χ0v) is 18.6. The van der Waals surface area contributed by atoms with Gasteiger partial charge in [-0.25, -0.2) is 9.97 Å². The van der Waals surface area contributed by atoms with Crippen LogP contribution in [0.1, 0.15) is 60.3 Å². The number of aromatic nitrogens is 3. The second-order valence-electron chi connectivity index (χ2n) is 8.75. The molecular weight excluding hydrogens is 402 g/mol. The summed E-state index contributed by atoms with van der Waals surface area (Å²) >= 11 is 0. The van der Waals surface area contributed by atoms with Gasteiger partial charge in [-0.1, -0.05) is 37.3 Å². The van der Waals surface area contributed by atoms with Crippen LogP contribution in [-0.2, 0) is 0 Å². The van der Waals surface area contributed by atoms with Crippen molar-refractivity contribution in [1.82, 2.24) is 20.3 Å². The van der Waals surface area contributed by atoms with Crippen LogP contribution in [0.25, 0.3) is 11.3 Å². The van der Waals surface area contributed by atoms with Gasteiger partial charge in [0.25, 0.3) is 5.91 Å². The Morgan fingerprint density at radius 2 is 1.97 bits per heavy atom. The van der Waals surface area contributed by atoms with Gasteiger partial charge in [0.2, 0.25) is 5.95 Å². The smallest absolute Gasteiger partial charge is 0.268 e. The van der Waals surface area contributed by atoms with Gasteiger partial charge in [0.15, 0.2) is 0 Å². The van der Waals surface area contributed by atoms with Gasteiger partial charge in [0, 0.05) is 24.0 Å². The van der Waals surface area contributed by atoms with Crippen LogP contribution in [0.5, 0.6) is 0 Å². The first-order valence-corrected chi connectivity index (χ1v) is 11.3. The molecule has 4 rings (SSSR count). The molecule has 0 spiro atoms. The fourth-order valence-corrected chi connectivity index (χ4v) is 4.21. The monoisotopic (exact) mass is 433 g/mol. The van der Waals surface area contributed by atoms with Crippen molar-refractivity contribution in [2.75, 3.05) is 11.9 Å². The van der Waals surface area contributed by atoms with Crippen molar-refractivity contribution in [1.29, 1.82) is 0 Å². The summed E-state index contributed by atoms with van der Waals surface area (Å²) in [5.41, 5.74) is 3.84. The topological polar surface area (TPSA) is 103 Å². The number of aromatic amines is 1. The highest BCUT2D eigenvalue weighted by atomic mass is 16.3. The van der Waals surface area contributed by atoms with Crippen LogP contribution in [0.15, 0.2) is 48.8 Å². The van der Waals surface area contributed by atoms with E-state index >= 15 is 0 Å². The van der Waals surface area contributed by atoms with Gasteiger partial charge in [-0.15, -0.1) is 0 Å². The van der Waals surface area contributed by atoms with Crippen molar-refractivity contribution in [2.45, 2.75) is 51.6 Å². The molecule has 0 aliphatic heterocycles. The van der Waals surface area contributed by atoms with Gasteiger partial charge in [-0.2, -0.15) is 0 Å². The summed E-state index contributed by atoms with van der Waals surface area (Å²) in [7, 11) is 0. The number of anilines is 1. The largest absolute Gasteiger partial charge is 0.394 e. The number of carbonyl (C=O) groups excluding carboxylic acids is 1. The highest BCUT2D eigenvalue weighted by Crippen LogP contribution is 2.27. The number of nitrogens with zero attached hydrogens (tertiary/aromatic N) is 2. The average molecular weight is 434 g/mol. The maximum Gasteiger partial charge on any atom is 0.268 e. The van der Waals surface area contributed by atoms with Crippen molar-refractivity contribution < 1.29 is 9.90 Å². The number of benzene rings is 1. The molecule has 1 aliphatic carbocycles. The van der Waals surface area contributed by atoms with Gasteiger partial charge in [0.05, 0.1) is 18.3 Å². The predicted molar refractivity (Wildman–Crippen MR) is 125 cm³/mol. The Morgan fingerprint density at radius 1 is 1.22 bits per heavy atom. The molecule has 0 bridgehead atoms. The predicted octanol–water partition coefficient (Wildman–Crippen LogP) is 4.23. The molecule has 1 aliphatic rings. The number of rotatable bonds is 7. The second kappa shape index (κ2) is 9.96. The molecule has 1 atom stereocenters. The van der Waals surface area contributed by atoms with E-state index in [1.807, 2.05) is 43.5 Å². The zero-order chi connectivity index (χ0) is 22.5. The maximum absolute atomic E-state index is 12.8. The summed E-state index contributed by atoms with van der Waals surface area (Å²) in [5, 5.41) is 16.1. The van der Waals surface area contributed by atoms with Crippen LogP contribution < -0.4 is 10.6 Å². The number of aliphatic hydroxyl groups excluding tert-OH is 1. The van der Waals surface area contributed by atoms with Crippen molar-refractivity contribution in [3.05, 3.63) is 65.6 Å². The average Bonchev–Trinajstić information content (AvgIpc) is 3.31. The molecule has 168 valence electrons. The quantitative estimate of drug-likeness (QED) is 0.446. The lowest BCUT2D eigenvalue weighted by molar-refractivity contribution is 0.0912. The Kier molecular flexibility index (Phi) is 6.85. The fraction of sp³-hybridized carbons (Fsp3) is 0.400. The molecule has 1 saturated carbocycles. The molecule has 1 fully saturated rings. The van der Waals surface area contributed by atoms with E-state index in [0.29, 0.717) is 17.7 Å². The summed E-state index contributed by atoms with van der Waals surface area (Å²) in [6.07, 6.45) is 8.33. The summed E-state index contributed by atoms with van der Waals surface area (Å²) in [6.45, 7) is 4.09. The minimum atomic E-state index is -0.467.